The predicted molar refractivity (Wildman–Crippen MR) is 62.3 cm³/mol. The van der Waals surface area contributed by atoms with Gasteiger partial charge in [-0.2, -0.15) is 0 Å². The van der Waals surface area contributed by atoms with Crippen LogP contribution in [0.2, 0.25) is 0 Å². The van der Waals surface area contributed by atoms with Gasteiger partial charge in [0, 0.05) is 18.8 Å². The maximum absolute atomic E-state index is 11.2. The fourth-order valence-corrected chi connectivity index (χ4v) is 1.97. The third kappa shape index (κ3) is 2.30. The Morgan fingerprint density at radius 2 is 2.50 bits per heavy atom. The average molecular weight is 220 g/mol. The minimum atomic E-state index is -0.443. The highest BCUT2D eigenvalue weighted by molar-refractivity contribution is 5.97. The standard InChI is InChI=1S/C11H16N4O/c1-15-6-4-8(7-15)14-11-9(10(12)16)3-2-5-13-11/h2-3,5,8H,4,6-7H2,1H3,(H2,12,16)(H,13,14). The van der Waals surface area contributed by atoms with Gasteiger partial charge in [-0.05, 0) is 32.1 Å². The summed E-state index contributed by atoms with van der Waals surface area (Å²) in [7, 11) is 2.08. The molecule has 1 aromatic heterocycles. The summed E-state index contributed by atoms with van der Waals surface area (Å²) in [5.41, 5.74) is 5.74. The SMILES string of the molecule is CN1CCC(Nc2ncccc2C(N)=O)C1. The fourth-order valence-electron chi connectivity index (χ4n) is 1.97. The highest BCUT2D eigenvalue weighted by atomic mass is 16.1. The molecule has 1 atom stereocenters. The van der Waals surface area contributed by atoms with E-state index in [-0.39, 0.29) is 0 Å². The molecule has 0 spiro atoms. The van der Waals surface area contributed by atoms with Crippen molar-refractivity contribution in [3.8, 4) is 0 Å². The van der Waals surface area contributed by atoms with Crippen molar-refractivity contribution < 1.29 is 4.79 Å². The maximum Gasteiger partial charge on any atom is 0.252 e. The number of hydrogen-bond acceptors (Lipinski definition) is 4. The smallest absolute Gasteiger partial charge is 0.252 e. The number of carbonyl (C=O) groups is 1. The number of pyridine rings is 1. The van der Waals surface area contributed by atoms with E-state index in [0.29, 0.717) is 17.4 Å². The quantitative estimate of drug-likeness (QED) is 0.768. The number of aromatic nitrogens is 1. The number of hydrogen-bond donors (Lipinski definition) is 2. The third-order valence-electron chi connectivity index (χ3n) is 2.81. The molecule has 86 valence electrons. The molecule has 0 radical (unpaired) electrons. The van der Waals surface area contributed by atoms with E-state index in [0.717, 1.165) is 19.5 Å². The summed E-state index contributed by atoms with van der Waals surface area (Å²) >= 11 is 0. The first-order valence-corrected chi connectivity index (χ1v) is 5.36. The van der Waals surface area contributed by atoms with E-state index in [1.165, 1.54) is 0 Å². The average Bonchev–Trinajstić information content (AvgIpc) is 2.64. The Bertz CT molecular complexity index is 393. The molecule has 2 heterocycles. The molecule has 0 aliphatic carbocycles. The van der Waals surface area contributed by atoms with Crippen LogP contribution in [0.15, 0.2) is 18.3 Å². The van der Waals surface area contributed by atoms with Gasteiger partial charge in [-0.1, -0.05) is 0 Å². The second-order valence-electron chi connectivity index (χ2n) is 4.16. The molecule has 5 nitrogen and oxygen atoms in total. The van der Waals surface area contributed by atoms with Crippen LogP contribution >= 0.6 is 0 Å². The molecule has 1 aromatic rings. The lowest BCUT2D eigenvalue weighted by Gasteiger charge is -2.15. The van der Waals surface area contributed by atoms with Crippen molar-refractivity contribution in [1.29, 1.82) is 0 Å². The van der Waals surface area contributed by atoms with Gasteiger partial charge in [-0.3, -0.25) is 4.79 Å². The number of primary amides is 1. The van der Waals surface area contributed by atoms with Gasteiger partial charge in [0.05, 0.1) is 5.56 Å². The first-order chi connectivity index (χ1) is 7.66. The first-order valence-electron chi connectivity index (χ1n) is 5.36. The molecule has 16 heavy (non-hydrogen) atoms. The first kappa shape index (κ1) is 10.9. The number of nitrogens with two attached hydrogens (primary N) is 1. The molecule has 1 aliphatic heterocycles. The highest BCUT2D eigenvalue weighted by Crippen LogP contribution is 2.16. The Kier molecular flexibility index (Phi) is 3.05. The molecule has 5 heteroatoms. The molecule has 1 unspecified atom stereocenters. The molecule has 1 aliphatic rings. The molecule has 1 fully saturated rings. The van der Waals surface area contributed by atoms with Gasteiger partial charge in [0.1, 0.15) is 5.82 Å². The van der Waals surface area contributed by atoms with Gasteiger partial charge < -0.3 is 16.0 Å². The molecule has 1 saturated heterocycles. The number of likely N-dealkylation sites (N-methyl/N-ethyl adjacent to an activating group) is 1. The van der Waals surface area contributed by atoms with Crippen LogP contribution in [-0.2, 0) is 0 Å². The monoisotopic (exact) mass is 220 g/mol. The molecule has 2 rings (SSSR count). The number of likely N-dealkylation sites (tertiary alicyclic amines) is 1. The van der Waals surface area contributed by atoms with Crippen LogP contribution < -0.4 is 11.1 Å². The predicted octanol–water partition coefficient (Wildman–Crippen LogP) is 0.297. The molecule has 1 amide bonds. The van der Waals surface area contributed by atoms with Crippen LogP contribution in [0.3, 0.4) is 0 Å². The number of nitrogens with zero attached hydrogens (tertiary/aromatic N) is 2. The number of rotatable bonds is 3. The third-order valence-corrected chi connectivity index (χ3v) is 2.81. The largest absolute Gasteiger partial charge is 0.365 e. The lowest BCUT2D eigenvalue weighted by atomic mass is 10.2. The Hall–Kier alpha value is -1.62. The zero-order valence-electron chi connectivity index (χ0n) is 9.31. The number of nitrogens with one attached hydrogen (secondary N) is 1. The Labute approximate surface area is 94.6 Å². The summed E-state index contributed by atoms with van der Waals surface area (Å²) in [6.07, 6.45) is 2.72. The van der Waals surface area contributed by atoms with Gasteiger partial charge in [0.2, 0.25) is 0 Å². The summed E-state index contributed by atoms with van der Waals surface area (Å²) in [4.78, 5) is 17.6. The van der Waals surface area contributed by atoms with Crippen LogP contribution in [0.4, 0.5) is 5.82 Å². The van der Waals surface area contributed by atoms with Crippen LogP contribution in [0.5, 0.6) is 0 Å². The van der Waals surface area contributed by atoms with Gasteiger partial charge in [0.15, 0.2) is 0 Å². The summed E-state index contributed by atoms with van der Waals surface area (Å²) in [5, 5.41) is 3.27. The lowest BCUT2D eigenvalue weighted by Crippen LogP contribution is -2.26. The van der Waals surface area contributed by atoms with E-state index in [1.807, 2.05) is 0 Å². The van der Waals surface area contributed by atoms with E-state index in [4.69, 9.17) is 5.73 Å². The van der Waals surface area contributed by atoms with E-state index >= 15 is 0 Å². The van der Waals surface area contributed by atoms with Gasteiger partial charge in [0.25, 0.3) is 5.91 Å². The van der Waals surface area contributed by atoms with Crippen molar-refractivity contribution in [3.05, 3.63) is 23.9 Å². The minimum absolute atomic E-state index is 0.345. The Morgan fingerprint density at radius 3 is 3.12 bits per heavy atom. The number of carbonyl (C=O) groups excluding carboxylic acids is 1. The zero-order valence-corrected chi connectivity index (χ0v) is 9.31. The zero-order chi connectivity index (χ0) is 11.5. The normalized spacial score (nSPS) is 20.9. The van der Waals surface area contributed by atoms with E-state index in [9.17, 15) is 4.79 Å². The van der Waals surface area contributed by atoms with E-state index in [1.54, 1.807) is 18.3 Å². The summed E-state index contributed by atoms with van der Waals surface area (Å²) in [6, 6.07) is 3.75. The van der Waals surface area contributed by atoms with Crippen LogP contribution in [0.1, 0.15) is 16.8 Å². The van der Waals surface area contributed by atoms with Gasteiger partial charge >= 0.3 is 0 Å². The van der Waals surface area contributed by atoms with Crippen molar-refractivity contribution in [3.63, 3.8) is 0 Å². The lowest BCUT2D eigenvalue weighted by molar-refractivity contribution is 0.100. The summed E-state index contributed by atoms with van der Waals surface area (Å²) in [6.45, 7) is 2.03. The summed E-state index contributed by atoms with van der Waals surface area (Å²) < 4.78 is 0. The molecule has 0 saturated carbocycles. The van der Waals surface area contributed by atoms with Gasteiger partial charge in [-0.15, -0.1) is 0 Å². The molecule has 0 bridgehead atoms. The summed E-state index contributed by atoms with van der Waals surface area (Å²) in [5.74, 6) is 0.150. The van der Waals surface area contributed by atoms with Crippen molar-refractivity contribution in [2.45, 2.75) is 12.5 Å². The van der Waals surface area contributed by atoms with Crippen LogP contribution in [0.25, 0.3) is 0 Å². The Morgan fingerprint density at radius 1 is 1.69 bits per heavy atom. The number of amides is 1. The van der Waals surface area contributed by atoms with Gasteiger partial charge in [-0.25, -0.2) is 4.98 Å². The van der Waals surface area contributed by atoms with Crippen LogP contribution in [-0.4, -0.2) is 42.0 Å². The topological polar surface area (TPSA) is 71.2 Å². The highest BCUT2D eigenvalue weighted by Gasteiger charge is 2.21. The fraction of sp³-hybridized carbons (Fsp3) is 0.455. The van der Waals surface area contributed by atoms with E-state index in [2.05, 4.69) is 22.2 Å². The van der Waals surface area contributed by atoms with E-state index < -0.39 is 5.91 Å². The second kappa shape index (κ2) is 4.49. The van der Waals surface area contributed by atoms with Crippen LogP contribution in [0, 0.1) is 0 Å². The van der Waals surface area contributed by atoms with Crippen molar-refractivity contribution in [2.75, 3.05) is 25.5 Å². The minimum Gasteiger partial charge on any atom is -0.365 e. The molecule has 0 aromatic carbocycles. The maximum atomic E-state index is 11.2. The second-order valence-corrected chi connectivity index (χ2v) is 4.16. The molecular formula is C11H16N4O. The molecule has 3 N–H and O–H groups in total. The van der Waals surface area contributed by atoms with Crippen molar-refractivity contribution >= 4 is 11.7 Å². The molecular weight excluding hydrogens is 204 g/mol. The van der Waals surface area contributed by atoms with Crippen molar-refractivity contribution in [1.82, 2.24) is 9.88 Å². The Balaban J connectivity index is 2.12. The van der Waals surface area contributed by atoms with Crippen molar-refractivity contribution in [2.24, 2.45) is 5.73 Å². The number of anilines is 1.